The van der Waals surface area contributed by atoms with Crippen LogP contribution in [0.3, 0.4) is 0 Å². The Bertz CT molecular complexity index is 160. The second-order valence-corrected chi connectivity index (χ2v) is 5.56. The predicted molar refractivity (Wildman–Crippen MR) is 58.4 cm³/mol. The van der Waals surface area contributed by atoms with Crippen molar-refractivity contribution >= 4 is 0 Å². The second kappa shape index (κ2) is 5.13. The van der Waals surface area contributed by atoms with Crippen molar-refractivity contribution in [2.45, 2.75) is 46.6 Å². The van der Waals surface area contributed by atoms with Crippen LogP contribution in [0.15, 0.2) is 0 Å². The molecule has 14 heavy (non-hydrogen) atoms. The Morgan fingerprint density at radius 3 is 2.57 bits per heavy atom. The molecule has 0 bridgehead atoms. The summed E-state index contributed by atoms with van der Waals surface area (Å²) in [4.78, 5) is 0. The third-order valence-electron chi connectivity index (χ3n) is 2.82. The van der Waals surface area contributed by atoms with Gasteiger partial charge in [0.25, 0.3) is 0 Å². The van der Waals surface area contributed by atoms with E-state index >= 15 is 0 Å². The fraction of sp³-hybridized carbons (Fsp3) is 1.00. The van der Waals surface area contributed by atoms with Crippen LogP contribution in [0, 0.1) is 11.3 Å². The molecule has 2 nitrogen and oxygen atoms in total. The number of ether oxygens (including phenoxy) is 2. The molecule has 1 rings (SSSR count). The van der Waals surface area contributed by atoms with Crippen molar-refractivity contribution in [1.82, 2.24) is 0 Å². The summed E-state index contributed by atoms with van der Waals surface area (Å²) in [5.41, 5.74) is 0.377. The van der Waals surface area contributed by atoms with Crippen LogP contribution in [0.1, 0.15) is 40.5 Å². The average molecular weight is 200 g/mol. The first-order valence-electron chi connectivity index (χ1n) is 5.68. The highest BCUT2D eigenvalue weighted by Gasteiger charge is 2.24. The molecule has 84 valence electrons. The first-order valence-corrected chi connectivity index (χ1v) is 5.68. The van der Waals surface area contributed by atoms with Crippen LogP contribution in [0.25, 0.3) is 0 Å². The molecule has 1 aliphatic heterocycles. The molecule has 0 aromatic rings. The summed E-state index contributed by atoms with van der Waals surface area (Å²) in [6, 6.07) is 0. The van der Waals surface area contributed by atoms with Crippen LogP contribution in [-0.2, 0) is 9.47 Å². The molecule has 0 aromatic heterocycles. The van der Waals surface area contributed by atoms with Crippen molar-refractivity contribution in [1.29, 1.82) is 0 Å². The molecule has 0 N–H and O–H groups in total. The molecular weight excluding hydrogens is 176 g/mol. The SMILES string of the molecule is C[C@H]1CCO[C@@H]1COCCC(C)(C)C. The molecular formula is C12H24O2. The van der Waals surface area contributed by atoms with Gasteiger partial charge in [-0.3, -0.25) is 0 Å². The van der Waals surface area contributed by atoms with Crippen LogP contribution in [0.5, 0.6) is 0 Å². The van der Waals surface area contributed by atoms with Crippen LogP contribution in [0.4, 0.5) is 0 Å². The molecule has 2 heteroatoms. The lowest BCUT2D eigenvalue weighted by Crippen LogP contribution is -2.21. The summed E-state index contributed by atoms with van der Waals surface area (Å²) in [6.07, 6.45) is 2.65. The van der Waals surface area contributed by atoms with Gasteiger partial charge in [-0.25, -0.2) is 0 Å². The molecule has 2 atom stereocenters. The highest BCUT2D eigenvalue weighted by atomic mass is 16.5. The largest absolute Gasteiger partial charge is 0.379 e. The third kappa shape index (κ3) is 4.43. The molecule has 0 radical (unpaired) electrons. The van der Waals surface area contributed by atoms with Gasteiger partial charge in [-0.2, -0.15) is 0 Å². The van der Waals surface area contributed by atoms with Crippen LogP contribution < -0.4 is 0 Å². The summed E-state index contributed by atoms with van der Waals surface area (Å²) < 4.78 is 11.2. The van der Waals surface area contributed by atoms with E-state index in [9.17, 15) is 0 Å². The minimum absolute atomic E-state index is 0.343. The normalized spacial score (nSPS) is 28.3. The molecule has 0 amide bonds. The Hall–Kier alpha value is -0.0800. The van der Waals surface area contributed by atoms with Crippen molar-refractivity contribution in [3.8, 4) is 0 Å². The fourth-order valence-corrected chi connectivity index (χ4v) is 1.55. The summed E-state index contributed by atoms with van der Waals surface area (Å²) in [6.45, 7) is 11.5. The van der Waals surface area contributed by atoms with Gasteiger partial charge in [-0.1, -0.05) is 27.7 Å². The van der Waals surface area contributed by atoms with Gasteiger partial charge in [0.05, 0.1) is 12.7 Å². The van der Waals surface area contributed by atoms with E-state index in [0.29, 0.717) is 17.4 Å². The molecule has 1 saturated heterocycles. The Morgan fingerprint density at radius 2 is 2.07 bits per heavy atom. The van der Waals surface area contributed by atoms with Gasteiger partial charge in [-0.05, 0) is 24.2 Å². The van der Waals surface area contributed by atoms with E-state index in [-0.39, 0.29) is 0 Å². The molecule has 0 aromatic carbocycles. The van der Waals surface area contributed by atoms with E-state index in [0.717, 1.165) is 26.2 Å². The summed E-state index contributed by atoms with van der Waals surface area (Å²) in [5.74, 6) is 0.671. The Kier molecular flexibility index (Phi) is 4.39. The highest BCUT2D eigenvalue weighted by molar-refractivity contribution is 4.72. The molecule has 1 aliphatic rings. The van der Waals surface area contributed by atoms with Gasteiger partial charge in [0, 0.05) is 13.2 Å². The highest BCUT2D eigenvalue weighted by Crippen LogP contribution is 2.21. The van der Waals surface area contributed by atoms with E-state index in [2.05, 4.69) is 27.7 Å². The summed E-state index contributed by atoms with van der Waals surface area (Å²) in [5, 5.41) is 0. The molecule has 1 fully saturated rings. The maximum absolute atomic E-state index is 5.64. The van der Waals surface area contributed by atoms with Crippen molar-refractivity contribution in [2.75, 3.05) is 19.8 Å². The molecule has 1 heterocycles. The number of hydrogen-bond acceptors (Lipinski definition) is 2. The van der Waals surface area contributed by atoms with Crippen molar-refractivity contribution in [2.24, 2.45) is 11.3 Å². The van der Waals surface area contributed by atoms with Gasteiger partial charge in [-0.15, -0.1) is 0 Å². The average Bonchev–Trinajstić information content (AvgIpc) is 2.44. The van der Waals surface area contributed by atoms with Crippen molar-refractivity contribution in [3.63, 3.8) is 0 Å². The first kappa shape index (κ1) is 12.0. The lowest BCUT2D eigenvalue weighted by atomic mass is 9.93. The third-order valence-corrected chi connectivity index (χ3v) is 2.82. The Morgan fingerprint density at radius 1 is 1.36 bits per heavy atom. The standard InChI is InChI=1S/C12H24O2/c1-10-5-7-14-11(10)9-13-8-6-12(2,3)4/h10-11H,5-9H2,1-4H3/t10-,11+/m0/s1. The molecule has 0 aliphatic carbocycles. The second-order valence-electron chi connectivity index (χ2n) is 5.56. The number of rotatable bonds is 4. The van der Waals surface area contributed by atoms with Crippen LogP contribution in [0.2, 0.25) is 0 Å². The monoisotopic (exact) mass is 200 g/mol. The number of hydrogen-bond donors (Lipinski definition) is 0. The lowest BCUT2D eigenvalue weighted by Gasteiger charge is -2.19. The zero-order valence-electron chi connectivity index (χ0n) is 10.0. The maximum atomic E-state index is 5.64. The van der Waals surface area contributed by atoms with Crippen molar-refractivity contribution in [3.05, 3.63) is 0 Å². The van der Waals surface area contributed by atoms with E-state index in [1.54, 1.807) is 0 Å². The topological polar surface area (TPSA) is 18.5 Å². The molecule has 0 spiro atoms. The molecule has 0 saturated carbocycles. The smallest absolute Gasteiger partial charge is 0.0834 e. The van der Waals surface area contributed by atoms with Crippen LogP contribution in [-0.4, -0.2) is 25.9 Å². The predicted octanol–water partition coefficient (Wildman–Crippen LogP) is 2.86. The zero-order chi connectivity index (χ0) is 10.6. The van der Waals surface area contributed by atoms with E-state index in [4.69, 9.17) is 9.47 Å². The van der Waals surface area contributed by atoms with Gasteiger partial charge in [0.15, 0.2) is 0 Å². The quantitative estimate of drug-likeness (QED) is 0.650. The van der Waals surface area contributed by atoms with Gasteiger partial charge in [0.2, 0.25) is 0 Å². The van der Waals surface area contributed by atoms with Gasteiger partial charge in [0.1, 0.15) is 0 Å². The van der Waals surface area contributed by atoms with E-state index < -0.39 is 0 Å². The first-order chi connectivity index (χ1) is 6.49. The minimum Gasteiger partial charge on any atom is -0.379 e. The summed E-state index contributed by atoms with van der Waals surface area (Å²) >= 11 is 0. The maximum Gasteiger partial charge on any atom is 0.0834 e. The lowest BCUT2D eigenvalue weighted by molar-refractivity contribution is -0.00191. The molecule has 0 unspecified atom stereocenters. The Labute approximate surface area is 88.0 Å². The summed E-state index contributed by atoms with van der Waals surface area (Å²) in [7, 11) is 0. The van der Waals surface area contributed by atoms with E-state index in [1.807, 2.05) is 0 Å². The van der Waals surface area contributed by atoms with Gasteiger partial charge < -0.3 is 9.47 Å². The fourth-order valence-electron chi connectivity index (χ4n) is 1.55. The van der Waals surface area contributed by atoms with E-state index in [1.165, 1.54) is 6.42 Å². The van der Waals surface area contributed by atoms with Crippen LogP contribution >= 0.6 is 0 Å². The minimum atomic E-state index is 0.343. The Balaban J connectivity index is 2.04. The van der Waals surface area contributed by atoms with Gasteiger partial charge >= 0.3 is 0 Å². The van der Waals surface area contributed by atoms with Crippen molar-refractivity contribution < 1.29 is 9.47 Å². The zero-order valence-corrected chi connectivity index (χ0v) is 10.0.